The predicted octanol–water partition coefficient (Wildman–Crippen LogP) is 2.82. The van der Waals surface area contributed by atoms with E-state index in [0.29, 0.717) is 5.69 Å². The topological polar surface area (TPSA) is 109 Å². The zero-order valence-corrected chi connectivity index (χ0v) is 13.7. The number of rotatable bonds is 9. The van der Waals surface area contributed by atoms with E-state index in [4.69, 9.17) is 4.74 Å². The summed E-state index contributed by atoms with van der Waals surface area (Å²) in [6.45, 7) is -0.937. The Labute approximate surface area is 146 Å². The molecule has 0 saturated heterocycles. The van der Waals surface area contributed by atoms with Gasteiger partial charge in [-0.2, -0.15) is 13.5 Å². The summed E-state index contributed by atoms with van der Waals surface area (Å²) in [5, 5.41) is 16.8. The highest BCUT2D eigenvalue weighted by Crippen LogP contribution is 2.31. The minimum Gasteiger partial charge on any atom is -0.490 e. The molecule has 140 valence electrons. The summed E-state index contributed by atoms with van der Waals surface area (Å²) < 4.78 is 35.6. The van der Waals surface area contributed by atoms with E-state index < -0.39 is 11.5 Å². The van der Waals surface area contributed by atoms with E-state index in [2.05, 4.69) is 15.2 Å². The summed E-state index contributed by atoms with van der Waals surface area (Å²) in [5.74, 6) is -0.744. The fourth-order valence-corrected chi connectivity index (χ4v) is 2.06. The summed E-state index contributed by atoms with van der Waals surface area (Å²) in [6, 6.07) is 5.27. The van der Waals surface area contributed by atoms with Gasteiger partial charge in [-0.15, -0.1) is 0 Å². The average Bonchev–Trinajstić information content (AvgIpc) is 3.04. The maximum absolute atomic E-state index is 12.4. The molecule has 0 unspecified atom stereocenters. The molecule has 0 aliphatic carbocycles. The lowest BCUT2D eigenvalue weighted by Crippen LogP contribution is -2.15. The number of hydrogen-bond donors (Lipinski definition) is 1. The number of nitrogens with zero attached hydrogens (tertiary/aromatic N) is 3. The van der Waals surface area contributed by atoms with E-state index in [1.54, 1.807) is 6.92 Å². The zero-order chi connectivity index (χ0) is 19.1. The quantitative estimate of drug-likeness (QED) is 0.537. The number of alkyl halides is 2. The molecule has 0 saturated carbocycles. The highest BCUT2D eigenvalue weighted by Gasteiger charge is 2.14. The molecule has 0 aliphatic rings. The van der Waals surface area contributed by atoms with Gasteiger partial charge in [0, 0.05) is 18.2 Å². The minimum absolute atomic E-state index is 0.0120. The van der Waals surface area contributed by atoms with E-state index in [1.165, 1.54) is 35.1 Å². The molecule has 1 aromatic carbocycles. The molecule has 0 aliphatic heterocycles. The van der Waals surface area contributed by atoms with Crippen LogP contribution in [0, 0.1) is 10.1 Å². The summed E-state index contributed by atoms with van der Waals surface area (Å²) >= 11 is 0. The molecule has 1 N–H and O–H groups in total. The van der Waals surface area contributed by atoms with Crippen LogP contribution >= 0.6 is 0 Å². The SMILES string of the molecule is CCOc1cc(NC(=O)CCn2ccc([N+](=O)[O-])n2)ccc1OC(F)F. The largest absolute Gasteiger partial charge is 0.490 e. The standard InChI is InChI=1S/C15H16F2N4O5/c1-2-25-12-9-10(3-4-11(12)26-15(16)17)18-14(22)6-8-20-7-5-13(19-20)21(23)24/h3-5,7,9,15H,2,6,8H2,1H3,(H,18,22). The normalized spacial score (nSPS) is 10.6. The van der Waals surface area contributed by atoms with Crippen LogP contribution in [0.3, 0.4) is 0 Å². The van der Waals surface area contributed by atoms with E-state index in [9.17, 15) is 23.7 Å². The molecule has 9 nitrogen and oxygen atoms in total. The van der Waals surface area contributed by atoms with Gasteiger partial charge >= 0.3 is 12.4 Å². The third-order valence-electron chi connectivity index (χ3n) is 3.12. The van der Waals surface area contributed by atoms with E-state index >= 15 is 0 Å². The number of ether oxygens (including phenoxy) is 2. The van der Waals surface area contributed by atoms with Crippen molar-refractivity contribution in [1.29, 1.82) is 0 Å². The maximum atomic E-state index is 12.4. The van der Waals surface area contributed by atoms with Crippen molar-refractivity contribution < 1.29 is 28.0 Å². The number of carbonyl (C=O) groups excluding carboxylic acids is 1. The smallest absolute Gasteiger partial charge is 0.389 e. The number of carbonyl (C=O) groups is 1. The Morgan fingerprint density at radius 1 is 1.38 bits per heavy atom. The van der Waals surface area contributed by atoms with Crippen LogP contribution in [0.1, 0.15) is 13.3 Å². The number of anilines is 1. The second-order valence-corrected chi connectivity index (χ2v) is 4.97. The van der Waals surface area contributed by atoms with Gasteiger partial charge < -0.3 is 24.9 Å². The zero-order valence-electron chi connectivity index (χ0n) is 13.7. The van der Waals surface area contributed by atoms with Gasteiger partial charge in [0.25, 0.3) is 0 Å². The Kier molecular flexibility index (Phi) is 6.42. The first-order chi connectivity index (χ1) is 12.4. The molecule has 0 atom stereocenters. The Bertz CT molecular complexity index is 781. The maximum Gasteiger partial charge on any atom is 0.389 e. The number of nitro groups is 1. The van der Waals surface area contributed by atoms with Crippen molar-refractivity contribution >= 4 is 17.4 Å². The molecule has 0 radical (unpaired) electrons. The average molecular weight is 370 g/mol. The summed E-state index contributed by atoms with van der Waals surface area (Å²) in [4.78, 5) is 21.9. The van der Waals surface area contributed by atoms with Gasteiger partial charge in [0.15, 0.2) is 11.5 Å². The lowest BCUT2D eigenvalue weighted by atomic mass is 10.2. The second-order valence-electron chi connectivity index (χ2n) is 4.97. The molecule has 0 spiro atoms. The Morgan fingerprint density at radius 3 is 2.77 bits per heavy atom. The van der Waals surface area contributed by atoms with Crippen molar-refractivity contribution in [3.63, 3.8) is 0 Å². The van der Waals surface area contributed by atoms with Gasteiger partial charge in [0.05, 0.1) is 30.5 Å². The third-order valence-corrected chi connectivity index (χ3v) is 3.12. The number of aryl methyl sites for hydroxylation is 1. The number of halogens is 2. The highest BCUT2D eigenvalue weighted by atomic mass is 19.3. The monoisotopic (exact) mass is 370 g/mol. The summed E-state index contributed by atoms with van der Waals surface area (Å²) in [5.41, 5.74) is 0.339. The van der Waals surface area contributed by atoms with Crippen LogP contribution in [0.15, 0.2) is 30.5 Å². The Hall–Kier alpha value is -3.24. The minimum atomic E-state index is -2.99. The lowest BCUT2D eigenvalue weighted by Gasteiger charge is -2.13. The van der Waals surface area contributed by atoms with Crippen molar-refractivity contribution in [3.8, 4) is 11.5 Å². The number of nitrogens with one attached hydrogen (secondary N) is 1. The van der Waals surface area contributed by atoms with Crippen LogP contribution in [0.4, 0.5) is 20.3 Å². The number of aromatic nitrogens is 2. The molecule has 0 bridgehead atoms. The first-order valence-corrected chi connectivity index (χ1v) is 7.58. The van der Waals surface area contributed by atoms with Crippen molar-refractivity contribution in [2.45, 2.75) is 26.5 Å². The molecule has 1 aromatic heterocycles. The van der Waals surface area contributed by atoms with E-state index in [-0.39, 0.29) is 42.8 Å². The van der Waals surface area contributed by atoms with Crippen LogP contribution in [-0.4, -0.2) is 33.8 Å². The lowest BCUT2D eigenvalue weighted by molar-refractivity contribution is -0.389. The number of amides is 1. The predicted molar refractivity (Wildman–Crippen MR) is 86.4 cm³/mol. The summed E-state index contributed by atoms with van der Waals surface area (Å²) in [6.07, 6.45) is 1.41. The molecule has 1 amide bonds. The van der Waals surface area contributed by atoms with Gasteiger partial charge in [0.1, 0.15) is 0 Å². The molecule has 2 aromatic rings. The molecule has 2 rings (SSSR count). The number of benzene rings is 1. The molecule has 26 heavy (non-hydrogen) atoms. The third kappa shape index (κ3) is 5.40. The summed E-state index contributed by atoms with van der Waals surface area (Å²) in [7, 11) is 0. The van der Waals surface area contributed by atoms with Gasteiger partial charge in [-0.05, 0) is 24.0 Å². The van der Waals surface area contributed by atoms with E-state index in [0.717, 1.165) is 0 Å². The molecule has 0 fully saturated rings. The van der Waals surface area contributed by atoms with Gasteiger partial charge in [-0.25, -0.2) is 0 Å². The second kappa shape index (κ2) is 8.74. The molecule has 11 heteroatoms. The van der Waals surface area contributed by atoms with Crippen LogP contribution in [0.5, 0.6) is 11.5 Å². The van der Waals surface area contributed by atoms with Gasteiger partial charge in [-0.1, -0.05) is 0 Å². The highest BCUT2D eigenvalue weighted by molar-refractivity contribution is 5.91. The Morgan fingerprint density at radius 2 is 2.15 bits per heavy atom. The van der Waals surface area contributed by atoms with Crippen LogP contribution in [0.25, 0.3) is 0 Å². The van der Waals surface area contributed by atoms with Crippen LogP contribution < -0.4 is 14.8 Å². The van der Waals surface area contributed by atoms with E-state index in [1.807, 2.05) is 0 Å². The van der Waals surface area contributed by atoms with Crippen molar-refractivity contribution in [2.24, 2.45) is 0 Å². The van der Waals surface area contributed by atoms with Crippen LogP contribution in [0.2, 0.25) is 0 Å². The van der Waals surface area contributed by atoms with Crippen molar-refractivity contribution in [2.75, 3.05) is 11.9 Å². The number of hydrogen-bond acceptors (Lipinski definition) is 6. The van der Waals surface area contributed by atoms with Crippen LogP contribution in [-0.2, 0) is 11.3 Å². The fraction of sp³-hybridized carbons (Fsp3) is 0.333. The first kappa shape index (κ1) is 19.1. The van der Waals surface area contributed by atoms with Crippen molar-refractivity contribution in [1.82, 2.24) is 9.78 Å². The van der Waals surface area contributed by atoms with Gasteiger partial charge in [0.2, 0.25) is 5.91 Å². The molecular weight excluding hydrogens is 354 g/mol. The first-order valence-electron chi connectivity index (χ1n) is 7.58. The van der Waals surface area contributed by atoms with Gasteiger partial charge in [-0.3, -0.25) is 4.79 Å². The fourth-order valence-electron chi connectivity index (χ4n) is 2.06. The molecule has 1 heterocycles. The Balaban J connectivity index is 1.96. The van der Waals surface area contributed by atoms with Crippen molar-refractivity contribution in [3.05, 3.63) is 40.6 Å². The molecular formula is C15H16F2N4O5.